The molecule has 0 radical (unpaired) electrons. The Morgan fingerprint density at radius 2 is 1.85 bits per heavy atom. The lowest BCUT2D eigenvalue weighted by molar-refractivity contribution is -0.172. The molecular weight excluding hydrogens is 414 g/mol. The van der Waals surface area contributed by atoms with Gasteiger partial charge in [-0.25, -0.2) is 0 Å². The number of rotatable bonds is 10. The minimum atomic E-state index is -1.06. The van der Waals surface area contributed by atoms with Gasteiger partial charge in [-0.15, -0.1) is 0 Å². The first kappa shape index (κ1) is 25.6. The van der Waals surface area contributed by atoms with Gasteiger partial charge in [-0.05, 0) is 98.4 Å². The molecular formula is C28H49NO4. The van der Waals surface area contributed by atoms with Gasteiger partial charge in [0.25, 0.3) is 0 Å². The van der Waals surface area contributed by atoms with E-state index in [0.29, 0.717) is 24.8 Å². The van der Waals surface area contributed by atoms with Crippen molar-refractivity contribution in [2.75, 3.05) is 13.2 Å². The van der Waals surface area contributed by atoms with E-state index in [4.69, 9.17) is 9.84 Å². The van der Waals surface area contributed by atoms with Gasteiger partial charge in [-0.1, -0.05) is 46.1 Å². The van der Waals surface area contributed by atoms with E-state index in [1.807, 2.05) is 0 Å². The summed E-state index contributed by atoms with van der Waals surface area (Å²) in [6.07, 6.45) is 13.9. The summed E-state index contributed by atoms with van der Waals surface area (Å²) in [5.74, 6) is 5.24. The molecule has 3 saturated carbocycles. The second kappa shape index (κ2) is 11.1. The van der Waals surface area contributed by atoms with Gasteiger partial charge in [0.05, 0.1) is 18.3 Å². The molecule has 4 N–H and O–H groups in total. The lowest BCUT2D eigenvalue weighted by Crippen LogP contribution is -2.54. The SMILES string of the molecule is CC(C)CCC[C@@H](C)[C@H]1CCC2[C@@H]1CC[C@H]1[C@H]2CC=C2C[C@@H](OC(O)NCCO)CC[C@@]21O. The summed E-state index contributed by atoms with van der Waals surface area (Å²) >= 11 is 0. The minimum Gasteiger partial charge on any atom is -0.395 e. The van der Waals surface area contributed by atoms with Crippen molar-refractivity contribution in [3.8, 4) is 0 Å². The summed E-state index contributed by atoms with van der Waals surface area (Å²) in [7, 11) is 0. The van der Waals surface area contributed by atoms with E-state index in [0.717, 1.165) is 54.4 Å². The summed E-state index contributed by atoms with van der Waals surface area (Å²) in [5, 5.41) is 33.6. The van der Waals surface area contributed by atoms with Crippen molar-refractivity contribution in [3.05, 3.63) is 11.6 Å². The maximum absolute atomic E-state index is 11.9. The number of aliphatic hydroxyl groups excluding tert-OH is 2. The van der Waals surface area contributed by atoms with E-state index in [9.17, 15) is 10.2 Å². The lowest BCUT2D eigenvalue weighted by atomic mass is 9.54. The molecule has 4 aliphatic rings. The number of ether oxygens (including phenoxy) is 1. The summed E-state index contributed by atoms with van der Waals surface area (Å²) in [6, 6.07) is 0. The van der Waals surface area contributed by atoms with E-state index in [1.165, 1.54) is 44.9 Å². The Morgan fingerprint density at radius 3 is 2.61 bits per heavy atom. The van der Waals surface area contributed by atoms with E-state index in [1.54, 1.807) is 0 Å². The first-order valence-electron chi connectivity index (χ1n) is 13.9. The number of hydrogen-bond donors (Lipinski definition) is 4. The lowest BCUT2D eigenvalue weighted by Gasteiger charge is -2.54. The highest BCUT2D eigenvalue weighted by atomic mass is 16.6. The molecule has 9 atom stereocenters. The number of allylic oxidation sites excluding steroid dienone is 1. The number of aliphatic hydroxyl groups is 3. The molecule has 2 unspecified atom stereocenters. The van der Waals surface area contributed by atoms with Gasteiger partial charge < -0.3 is 20.1 Å². The average Bonchev–Trinajstić information content (AvgIpc) is 3.22. The summed E-state index contributed by atoms with van der Waals surface area (Å²) < 4.78 is 5.76. The largest absolute Gasteiger partial charge is 0.395 e. The third-order valence-corrected chi connectivity index (χ3v) is 9.84. The highest BCUT2D eigenvalue weighted by Gasteiger charge is 2.56. The van der Waals surface area contributed by atoms with Crippen LogP contribution >= 0.6 is 0 Å². The Balaban J connectivity index is 1.36. The zero-order chi connectivity index (χ0) is 23.6. The topological polar surface area (TPSA) is 82.0 Å². The molecule has 33 heavy (non-hydrogen) atoms. The Morgan fingerprint density at radius 1 is 1.06 bits per heavy atom. The molecule has 0 saturated heterocycles. The van der Waals surface area contributed by atoms with Crippen molar-refractivity contribution in [2.45, 2.75) is 110 Å². The zero-order valence-electron chi connectivity index (χ0n) is 21.2. The van der Waals surface area contributed by atoms with Crippen LogP contribution in [0.3, 0.4) is 0 Å². The molecule has 190 valence electrons. The molecule has 4 rings (SSSR count). The molecule has 4 aliphatic carbocycles. The van der Waals surface area contributed by atoms with Crippen LogP contribution < -0.4 is 5.32 Å². The van der Waals surface area contributed by atoms with Crippen molar-refractivity contribution in [1.29, 1.82) is 0 Å². The Kier molecular flexibility index (Phi) is 8.60. The zero-order valence-corrected chi connectivity index (χ0v) is 21.2. The quantitative estimate of drug-likeness (QED) is 0.281. The standard InChI is InChI=1S/C28H49NO4/c1-18(2)5-4-6-19(3)22-9-10-24-23(22)11-12-26-25(24)8-7-20-17-21(13-14-28(20,26)32)33-27(31)29-15-16-30/h7,18-19,21-27,29-32H,4-6,8-17H2,1-3H3/t19-,21+,22-,23-,24?,25+,26+,27?,28-/m1/s1. The molecule has 3 fully saturated rings. The maximum Gasteiger partial charge on any atom is 0.213 e. The molecule has 5 heteroatoms. The number of fused-ring (bicyclic) bond motifs is 5. The van der Waals surface area contributed by atoms with Crippen LogP contribution in [0.5, 0.6) is 0 Å². The first-order valence-corrected chi connectivity index (χ1v) is 13.9. The molecule has 0 heterocycles. The van der Waals surface area contributed by atoms with Crippen molar-refractivity contribution < 1.29 is 20.1 Å². The average molecular weight is 464 g/mol. The van der Waals surface area contributed by atoms with E-state index in [2.05, 4.69) is 32.2 Å². The fraction of sp³-hybridized carbons (Fsp3) is 0.929. The molecule has 0 aromatic heterocycles. The van der Waals surface area contributed by atoms with Gasteiger partial charge in [-0.3, -0.25) is 5.32 Å². The molecule has 0 amide bonds. The van der Waals surface area contributed by atoms with Gasteiger partial charge in [0.15, 0.2) is 0 Å². The van der Waals surface area contributed by atoms with Crippen LogP contribution in [0.4, 0.5) is 0 Å². The van der Waals surface area contributed by atoms with Crippen LogP contribution in [-0.4, -0.2) is 46.6 Å². The molecule has 0 bridgehead atoms. The van der Waals surface area contributed by atoms with Gasteiger partial charge in [0, 0.05) is 6.54 Å². The number of nitrogens with one attached hydrogen (secondary N) is 1. The normalized spacial score (nSPS) is 40.0. The maximum atomic E-state index is 11.9. The summed E-state index contributed by atoms with van der Waals surface area (Å²) in [6.45, 7) is 7.46. The van der Waals surface area contributed by atoms with E-state index in [-0.39, 0.29) is 12.7 Å². The molecule has 0 aliphatic heterocycles. The van der Waals surface area contributed by atoms with Gasteiger partial charge in [0.2, 0.25) is 6.41 Å². The van der Waals surface area contributed by atoms with E-state index < -0.39 is 12.0 Å². The van der Waals surface area contributed by atoms with Crippen molar-refractivity contribution in [2.24, 2.45) is 41.4 Å². The summed E-state index contributed by atoms with van der Waals surface area (Å²) in [4.78, 5) is 0. The predicted molar refractivity (Wildman–Crippen MR) is 131 cm³/mol. The van der Waals surface area contributed by atoms with Crippen LogP contribution in [0.25, 0.3) is 0 Å². The fourth-order valence-electron chi connectivity index (χ4n) is 8.24. The van der Waals surface area contributed by atoms with Crippen LogP contribution in [0.1, 0.15) is 91.4 Å². The molecule has 0 aromatic carbocycles. The number of hydrogen-bond acceptors (Lipinski definition) is 5. The highest BCUT2D eigenvalue weighted by Crippen LogP contribution is 2.60. The van der Waals surface area contributed by atoms with Crippen molar-refractivity contribution in [1.82, 2.24) is 5.32 Å². The van der Waals surface area contributed by atoms with Crippen LogP contribution in [0.2, 0.25) is 0 Å². The van der Waals surface area contributed by atoms with Gasteiger partial charge in [-0.2, -0.15) is 0 Å². The molecule has 0 spiro atoms. The highest BCUT2D eigenvalue weighted by molar-refractivity contribution is 5.27. The van der Waals surface area contributed by atoms with Crippen molar-refractivity contribution in [3.63, 3.8) is 0 Å². The van der Waals surface area contributed by atoms with Gasteiger partial charge in [0.1, 0.15) is 0 Å². The fourth-order valence-corrected chi connectivity index (χ4v) is 8.24. The monoisotopic (exact) mass is 463 g/mol. The second-order valence-corrected chi connectivity index (χ2v) is 12.1. The third-order valence-electron chi connectivity index (χ3n) is 9.84. The summed E-state index contributed by atoms with van der Waals surface area (Å²) in [5.41, 5.74) is 0.488. The van der Waals surface area contributed by atoms with E-state index >= 15 is 0 Å². The first-order chi connectivity index (χ1) is 15.8. The van der Waals surface area contributed by atoms with Crippen LogP contribution in [0.15, 0.2) is 11.6 Å². The molecule has 5 nitrogen and oxygen atoms in total. The van der Waals surface area contributed by atoms with Crippen LogP contribution in [-0.2, 0) is 4.74 Å². The van der Waals surface area contributed by atoms with Gasteiger partial charge >= 0.3 is 0 Å². The third kappa shape index (κ3) is 5.53. The van der Waals surface area contributed by atoms with Crippen LogP contribution in [0, 0.1) is 41.4 Å². The predicted octanol–water partition coefficient (Wildman–Crippen LogP) is 4.61. The smallest absolute Gasteiger partial charge is 0.213 e. The Bertz CT molecular complexity index is 666. The Hall–Kier alpha value is -0.460. The molecule has 0 aromatic rings. The second-order valence-electron chi connectivity index (χ2n) is 12.1. The Labute approximate surface area is 201 Å². The minimum absolute atomic E-state index is 0.0290. The van der Waals surface area contributed by atoms with Crippen molar-refractivity contribution >= 4 is 0 Å².